The first-order chi connectivity index (χ1) is 8.65. The Hall–Kier alpha value is -0.710. The Labute approximate surface area is 120 Å². The topological polar surface area (TPSA) is 43.8 Å². The van der Waals surface area contributed by atoms with Crippen LogP contribution in [0.1, 0.15) is 31.7 Å². The van der Waals surface area contributed by atoms with Gasteiger partial charge in [-0.25, -0.2) is 0 Å². The molecular formula is C12H13Cl2N3S. The van der Waals surface area contributed by atoms with Crippen LogP contribution >= 0.6 is 34.5 Å². The molecule has 1 aliphatic rings. The fourth-order valence-corrected chi connectivity index (χ4v) is 3.94. The van der Waals surface area contributed by atoms with Crippen LogP contribution in [0, 0.1) is 0 Å². The second-order valence-corrected chi connectivity index (χ2v) is 6.87. The largest absolute Gasteiger partial charge is 0.396 e. The molecule has 0 bridgehead atoms. The number of nitrogens with zero attached hydrogens (tertiary/aromatic N) is 2. The highest BCUT2D eigenvalue weighted by molar-refractivity contribution is 7.20. The number of hydrogen-bond donors (Lipinski definition) is 1. The van der Waals surface area contributed by atoms with Gasteiger partial charge in [-0.1, -0.05) is 36.0 Å². The van der Waals surface area contributed by atoms with E-state index in [2.05, 4.69) is 5.10 Å². The van der Waals surface area contributed by atoms with Crippen molar-refractivity contribution in [3.63, 3.8) is 0 Å². The molecule has 0 aromatic carbocycles. The summed E-state index contributed by atoms with van der Waals surface area (Å²) in [6, 6.07) is 2.31. The van der Waals surface area contributed by atoms with Gasteiger partial charge in [-0.2, -0.15) is 5.10 Å². The molecule has 0 atom stereocenters. The molecule has 2 aromatic rings. The van der Waals surface area contributed by atoms with Crippen molar-refractivity contribution in [3.8, 4) is 11.3 Å². The maximum absolute atomic E-state index is 6.15. The van der Waals surface area contributed by atoms with Crippen molar-refractivity contribution in [1.29, 1.82) is 0 Å². The average molecular weight is 302 g/mol. The molecule has 0 amide bonds. The molecule has 96 valence electrons. The van der Waals surface area contributed by atoms with E-state index in [0.717, 1.165) is 11.3 Å². The quantitative estimate of drug-likeness (QED) is 0.880. The summed E-state index contributed by atoms with van der Waals surface area (Å²) in [6.45, 7) is 0. The molecule has 1 saturated carbocycles. The summed E-state index contributed by atoms with van der Waals surface area (Å²) >= 11 is 13.5. The van der Waals surface area contributed by atoms with Crippen molar-refractivity contribution < 1.29 is 0 Å². The molecule has 1 aliphatic carbocycles. The summed E-state index contributed by atoms with van der Waals surface area (Å²) in [7, 11) is 0. The van der Waals surface area contributed by atoms with Crippen LogP contribution in [-0.2, 0) is 0 Å². The monoisotopic (exact) mass is 301 g/mol. The fraction of sp³-hybridized carbons (Fsp3) is 0.417. The van der Waals surface area contributed by atoms with Gasteiger partial charge >= 0.3 is 0 Å². The number of nitrogens with two attached hydrogens (primary N) is 1. The minimum absolute atomic E-state index is 0.480. The molecule has 0 radical (unpaired) electrons. The zero-order valence-electron chi connectivity index (χ0n) is 9.70. The Balaban J connectivity index is 1.99. The van der Waals surface area contributed by atoms with E-state index in [1.807, 2.05) is 16.9 Å². The smallest absolute Gasteiger partial charge is 0.118 e. The summed E-state index contributed by atoms with van der Waals surface area (Å²) in [5, 5.41) is 4.59. The van der Waals surface area contributed by atoms with E-state index >= 15 is 0 Å². The molecule has 2 aromatic heterocycles. The van der Waals surface area contributed by atoms with Crippen LogP contribution < -0.4 is 5.73 Å². The molecule has 1 fully saturated rings. The number of halogens is 2. The summed E-state index contributed by atoms with van der Waals surface area (Å²) in [5.41, 5.74) is 8.28. The molecule has 2 heterocycles. The highest BCUT2D eigenvalue weighted by atomic mass is 35.5. The van der Waals surface area contributed by atoms with E-state index in [9.17, 15) is 0 Å². The van der Waals surface area contributed by atoms with Crippen LogP contribution in [0.4, 0.5) is 5.69 Å². The van der Waals surface area contributed by atoms with E-state index in [1.54, 1.807) is 0 Å². The maximum atomic E-state index is 6.15. The Kier molecular flexibility index (Phi) is 3.26. The summed E-state index contributed by atoms with van der Waals surface area (Å²) < 4.78 is 3.28. The standard InChI is InChI=1S/C12H13Cl2N3S/c13-10-5-8(12(14)18-10)11-9(15)6-17(16-11)7-3-1-2-4-7/h5-7H,1-4,15H2. The zero-order valence-corrected chi connectivity index (χ0v) is 12.0. The van der Waals surface area contributed by atoms with Crippen molar-refractivity contribution in [2.75, 3.05) is 5.73 Å². The van der Waals surface area contributed by atoms with Crippen molar-refractivity contribution in [2.24, 2.45) is 0 Å². The molecule has 0 aliphatic heterocycles. The predicted octanol–water partition coefficient (Wildman–Crippen LogP) is 4.62. The number of nitrogen functional groups attached to an aromatic ring is 1. The molecule has 0 saturated heterocycles. The summed E-state index contributed by atoms with van der Waals surface area (Å²) in [6.07, 6.45) is 6.81. The van der Waals surface area contributed by atoms with Gasteiger partial charge in [-0.3, -0.25) is 4.68 Å². The summed E-state index contributed by atoms with van der Waals surface area (Å²) in [4.78, 5) is 0. The lowest BCUT2D eigenvalue weighted by Crippen LogP contribution is -2.04. The van der Waals surface area contributed by atoms with Gasteiger partial charge in [0.05, 0.1) is 16.1 Å². The lowest BCUT2D eigenvalue weighted by atomic mass is 10.2. The molecule has 6 heteroatoms. The van der Waals surface area contributed by atoms with E-state index in [-0.39, 0.29) is 0 Å². The SMILES string of the molecule is Nc1cn(C2CCCC2)nc1-c1cc(Cl)sc1Cl. The third-order valence-electron chi connectivity index (χ3n) is 3.37. The van der Waals surface area contributed by atoms with Crippen LogP contribution in [0.5, 0.6) is 0 Å². The predicted molar refractivity (Wildman–Crippen MR) is 77.5 cm³/mol. The normalized spacial score (nSPS) is 16.6. The van der Waals surface area contributed by atoms with E-state index < -0.39 is 0 Å². The van der Waals surface area contributed by atoms with Gasteiger partial charge in [0.25, 0.3) is 0 Å². The first-order valence-corrected chi connectivity index (χ1v) is 7.52. The van der Waals surface area contributed by atoms with Crippen molar-refractivity contribution in [1.82, 2.24) is 9.78 Å². The van der Waals surface area contributed by atoms with Crippen LogP contribution in [0.3, 0.4) is 0 Å². The minimum atomic E-state index is 0.480. The number of aromatic nitrogens is 2. The third-order valence-corrected chi connectivity index (χ3v) is 4.86. The van der Waals surface area contributed by atoms with Gasteiger partial charge in [-0.15, -0.1) is 11.3 Å². The second-order valence-electron chi connectivity index (χ2n) is 4.59. The van der Waals surface area contributed by atoms with E-state index in [1.165, 1.54) is 37.0 Å². The lowest BCUT2D eigenvalue weighted by Gasteiger charge is -2.08. The molecule has 18 heavy (non-hydrogen) atoms. The van der Waals surface area contributed by atoms with E-state index in [0.29, 0.717) is 20.4 Å². The first-order valence-electron chi connectivity index (χ1n) is 5.95. The van der Waals surface area contributed by atoms with Gasteiger partial charge in [0.2, 0.25) is 0 Å². The highest BCUT2D eigenvalue weighted by Crippen LogP contribution is 2.40. The van der Waals surface area contributed by atoms with Gasteiger partial charge in [0.15, 0.2) is 0 Å². The molecule has 3 rings (SSSR count). The molecule has 3 nitrogen and oxygen atoms in total. The Morgan fingerprint density at radius 1 is 1.33 bits per heavy atom. The fourth-order valence-electron chi connectivity index (χ4n) is 2.47. The molecule has 2 N–H and O–H groups in total. The third kappa shape index (κ3) is 2.13. The number of anilines is 1. The van der Waals surface area contributed by atoms with Crippen LogP contribution in [0.25, 0.3) is 11.3 Å². The number of rotatable bonds is 2. The minimum Gasteiger partial charge on any atom is -0.396 e. The highest BCUT2D eigenvalue weighted by Gasteiger charge is 2.21. The number of thiophene rings is 1. The number of hydrogen-bond acceptors (Lipinski definition) is 3. The van der Waals surface area contributed by atoms with Gasteiger partial charge in [-0.05, 0) is 18.9 Å². The van der Waals surface area contributed by atoms with Crippen LogP contribution in [-0.4, -0.2) is 9.78 Å². The zero-order chi connectivity index (χ0) is 12.7. The molecular weight excluding hydrogens is 289 g/mol. The van der Waals surface area contributed by atoms with E-state index in [4.69, 9.17) is 28.9 Å². The maximum Gasteiger partial charge on any atom is 0.118 e. The second kappa shape index (κ2) is 4.76. The average Bonchev–Trinajstić information content (AvgIpc) is 2.98. The van der Waals surface area contributed by atoms with Crippen molar-refractivity contribution >= 4 is 40.2 Å². The lowest BCUT2D eigenvalue weighted by molar-refractivity contribution is 0.468. The van der Waals surface area contributed by atoms with Crippen molar-refractivity contribution in [2.45, 2.75) is 31.7 Å². The molecule has 0 spiro atoms. The van der Waals surface area contributed by atoms with Crippen molar-refractivity contribution in [3.05, 3.63) is 20.9 Å². The van der Waals surface area contributed by atoms with Gasteiger partial charge in [0.1, 0.15) is 10.0 Å². The Bertz CT molecular complexity index is 570. The Morgan fingerprint density at radius 3 is 2.67 bits per heavy atom. The van der Waals surface area contributed by atoms with Gasteiger partial charge in [0, 0.05) is 11.8 Å². The van der Waals surface area contributed by atoms with Crippen LogP contribution in [0.2, 0.25) is 8.67 Å². The van der Waals surface area contributed by atoms with Gasteiger partial charge < -0.3 is 5.73 Å². The summed E-state index contributed by atoms with van der Waals surface area (Å²) in [5.74, 6) is 0. The Morgan fingerprint density at radius 2 is 2.06 bits per heavy atom. The molecule has 0 unspecified atom stereocenters. The van der Waals surface area contributed by atoms with Crippen LogP contribution in [0.15, 0.2) is 12.3 Å². The first kappa shape index (κ1) is 12.3.